The molecule has 2 rings (SSSR count). The van der Waals surface area contributed by atoms with Crippen molar-refractivity contribution in [2.24, 2.45) is 5.73 Å². The Morgan fingerprint density at radius 3 is 2.08 bits per heavy atom. The lowest BCUT2D eigenvalue weighted by atomic mass is 10.1. The normalized spacial score (nSPS) is 31.6. The van der Waals surface area contributed by atoms with Gasteiger partial charge >= 0.3 is 0 Å². The van der Waals surface area contributed by atoms with E-state index in [4.69, 9.17) is 5.73 Å². The summed E-state index contributed by atoms with van der Waals surface area (Å²) in [7, 11) is 0. The second-order valence-electron chi connectivity index (χ2n) is 3.22. The Hall–Kier alpha value is -0.960. The number of halogens is 2. The standard InChI is InChI=1S/C9H9F2N/c10-9(11)6-8(9,12)7-4-2-1-3-5-7/h1-5H,6,12H2. The molecule has 1 atom stereocenters. The van der Waals surface area contributed by atoms with Gasteiger partial charge in [-0.1, -0.05) is 30.3 Å². The van der Waals surface area contributed by atoms with Crippen molar-refractivity contribution in [2.45, 2.75) is 17.9 Å². The molecule has 1 fully saturated rings. The van der Waals surface area contributed by atoms with Crippen molar-refractivity contribution < 1.29 is 8.78 Å². The molecule has 1 unspecified atom stereocenters. The first-order valence-corrected chi connectivity index (χ1v) is 3.78. The first kappa shape index (κ1) is 7.68. The second-order valence-corrected chi connectivity index (χ2v) is 3.22. The van der Waals surface area contributed by atoms with Gasteiger partial charge in [-0.15, -0.1) is 0 Å². The lowest BCUT2D eigenvalue weighted by Crippen LogP contribution is -2.26. The van der Waals surface area contributed by atoms with Gasteiger partial charge in [0.15, 0.2) is 0 Å². The highest BCUT2D eigenvalue weighted by Crippen LogP contribution is 2.57. The maximum absolute atomic E-state index is 12.7. The smallest absolute Gasteiger partial charge is 0.272 e. The fourth-order valence-corrected chi connectivity index (χ4v) is 1.35. The average molecular weight is 169 g/mol. The van der Waals surface area contributed by atoms with Crippen LogP contribution >= 0.6 is 0 Å². The van der Waals surface area contributed by atoms with Crippen LogP contribution < -0.4 is 5.73 Å². The molecule has 1 saturated carbocycles. The summed E-state index contributed by atoms with van der Waals surface area (Å²) in [5.74, 6) is -2.71. The molecule has 0 aromatic heterocycles. The van der Waals surface area contributed by atoms with Crippen molar-refractivity contribution in [1.29, 1.82) is 0 Å². The zero-order chi connectivity index (χ0) is 8.82. The third-order valence-corrected chi connectivity index (χ3v) is 2.32. The second kappa shape index (κ2) is 2.04. The number of rotatable bonds is 1. The molecular formula is C9H9F2N. The van der Waals surface area contributed by atoms with Gasteiger partial charge in [0.05, 0.1) is 0 Å². The minimum atomic E-state index is -2.71. The fourth-order valence-electron chi connectivity index (χ4n) is 1.35. The van der Waals surface area contributed by atoms with Gasteiger partial charge < -0.3 is 5.73 Å². The van der Waals surface area contributed by atoms with E-state index in [-0.39, 0.29) is 6.42 Å². The first-order valence-electron chi connectivity index (χ1n) is 3.78. The van der Waals surface area contributed by atoms with Gasteiger partial charge in [-0.2, -0.15) is 0 Å². The summed E-state index contributed by atoms with van der Waals surface area (Å²) < 4.78 is 25.5. The van der Waals surface area contributed by atoms with Crippen LogP contribution in [-0.2, 0) is 5.54 Å². The highest BCUT2D eigenvalue weighted by atomic mass is 19.3. The molecule has 0 radical (unpaired) electrons. The van der Waals surface area contributed by atoms with Gasteiger partial charge in [-0.3, -0.25) is 0 Å². The van der Waals surface area contributed by atoms with Crippen molar-refractivity contribution in [2.75, 3.05) is 0 Å². The molecule has 0 spiro atoms. The van der Waals surface area contributed by atoms with E-state index in [0.29, 0.717) is 5.56 Å². The number of nitrogens with two attached hydrogens (primary N) is 1. The predicted octanol–water partition coefficient (Wildman–Crippen LogP) is 1.88. The van der Waals surface area contributed by atoms with Crippen molar-refractivity contribution in [3.63, 3.8) is 0 Å². The average Bonchev–Trinajstić information content (AvgIpc) is 2.55. The van der Waals surface area contributed by atoms with Gasteiger partial charge in [0, 0.05) is 6.42 Å². The summed E-state index contributed by atoms with van der Waals surface area (Å²) in [5.41, 5.74) is 4.62. The van der Waals surface area contributed by atoms with Crippen LogP contribution in [0.15, 0.2) is 30.3 Å². The van der Waals surface area contributed by atoms with Crippen molar-refractivity contribution >= 4 is 0 Å². The van der Waals surface area contributed by atoms with E-state index in [1.807, 2.05) is 0 Å². The maximum atomic E-state index is 12.7. The van der Waals surface area contributed by atoms with Gasteiger partial charge in [-0.05, 0) is 5.56 Å². The molecule has 1 aromatic carbocycles. The molecule has 1 aliphatic rings. The number of hydrogen-bond donors (Lipinski definition) is 1. The Morgan fingerprint density at radius 1 is 1.17 bits per heavy atom. The number of benzene rings is 1. The van der Waals surface area contributed by atoms with Crippen LogP contribution in [0.4, 0.5) is 8.78 Å². The van der Waals surface area contributed by atoms with Gasteiger partial charge in [0.1, 0.15) is 5.54 Å². The lowest BCUT2D eigenvalue weighted by Gasteiger charge is -2.09. The highest BCUT2D eigenvalue weighted by molar-refractivity contribution is 5.35. The zero-order valence-corrected chi connectivity index (χ0v) is 6.43. The molecule has 3 heteroatoms. The van der Waals surface area contributed by atoms with Crippen LogP contribution in [0.3, 0.4) is 0 Å². The Labute approximate surface area is 69.2 Å². The Balaban J connectivity index is 2.35. The summed E-state index contributed by atoms with van der Waals surface area (Å²) >= 11 is 0. The minimum absolute atomic E-state index is 0.232. The van der Waals surface area contributed by atoms with Crippen LogP contribution in [0.25, 0.3) is 0 Å². The topological polar surface area (TPSA) is 26.0 Å². The van der Waals surface area contributed by atoms with Crippen LogP contribution in [0, 0.1) is 0 Å². The van der Waals surface area contributed by atoms with E-state index in [0.717, 1.165) is 0 Å². The van der Waals surface area contributed by atoms with Gasteiger partial charge in [0.25, 0.3) is 5.92 Å². The molecule has 0 aliphatic heterocycles. The lowest BCUT2D eigenvalue weighted by molar-refractivity contribution is 0.0891. The number of alkyl halides is 2. The summed E-state index contributed by atoms with van der Waals surface area (Å²) in [4.78, 5) is 0. The maximum Gasteiger partial charge on any atom is 0.272 e. The van der Waals surface area contributed by atoms with Crippen molar-refractivity contribution in [3.8, 4) is 0 Å². The minimum Gasteiger partial charge on any atom is -0.316 e. The molecule has 0 saturated heterocycles. The van der Waals surface area contributed by atoms with Gasteiger partial charge in [0.2, 0.25) is 0 Å². The highest BCUT2D eigenvalue weighted by Gasteiger charge is 2.69. The molecule has 1 aliphatic carbocycles. The third-order valence-electron chi connectivity index (χ3n) is 2.32. The van der Waals surface area contributed by atoms with E-state index in [1.54, 1.807) is 30.3 Å². The molecule has 0 bridgehead atoms. The number of hydrogen-bond acceptors (Lipinski definition) is 1. The van der Waals surface area contributed by atoms with Crippen LogP contribution in [0.1, 0.15) is 12.0 Å². The Morgan fingerprint density at radius 2 is 1.67 bits per heavy atom. The molecule has 2 N–H and O–H groups in total. The Bertz CT molecular complexity index is 297. The monoisotopic (exact) mass is 169 g/mol. The molecule has 0 heterocycles. The van der Waals surface area contributed by atoms with Crippen LogP contribution in [-0.4, -0.2) is 5.92 Å². The molecule has 0 amide bonds. The van der Waals surface area contributed by atoms with E-state index >= 15 is 0 Å². The van der Waals surface area contributed by atoms with E-state index in [1.165, 1.54) is 0 Å². The Kier molecular flexibility index (Phi) is 1.31. The molecular weight excluding hydrogens is 160 g/mol. The summed E-state index contributed by atoms with van der Waals surface area (Å²) in [6.07, 6.45) is -0.232. The molecule has 12 heavy (non-hydrogen) atoms. The zero-order valence-electron chi connectivity index (χ0n) is 6.43. The quantitative estimate of drug-likeness (QED) is 0.682. The summed E-state index contributed by atoms with van der Waals surface area (Å²) in [6, 6.07) is 8.51. The SMILES string of the molecule is NC1(c2ccccc2)CC1(F)F. The fraction of sp³-hybridized carbons (Fsp3) is 0.333. The predicted molar refractivity (Wildman–Crippen MR) is 41.9 cm³/mol. The molecule has 1 aromatic rings. The first-order chi connectivity index (χ1) is 5.56. The molecule has 64 valence electrons. The van der Waals surface area contributed by atoms with Crippen LogP contribution in [0.5, 0.6) is 0 Å². The van der Waals surface area contributed by atoms with Gasteiger partial charge in [-0.25, -0.2) is 8.78 Å². The largest absolute Gasteiger partial charge is 0.316 e. The van der Waals surface area contributed by atoms with Crippen LogP contribution in [0.2, 0.25) is 0 Å². The van der Waals surface area contributed by atoms with E-state index in [2.05, 4.69) is 0 Å². The summed E-state index contributed by atoms with van der Waals surface area (Å²) in [5, 5.41) is 0. The summed E-state index contributed by atoms with van der Waals surface area (Å²) in [6.45, 7) is 0. The molecule has 1 nitrogen and oxygen atoms in total. The van der Waals surface area contributed by atoms with E-state index < -0.39 is 11.5 Å². The van der Waals surface area contributed by atoms with Crippen molar-refractivity contribution in [1.82, 2.24) is 0 Å². The third kappa shape index (κ3) is 0.862. The van der Waals surface area contributed by atoms with Crippen molar-refractivity contribution in [3.05, 3.63) is 35.9 Å². The van der Waals surface area contributed by atoms with E-state index in [9.17, 15) is 8.78 Å².